The van der Waals surface area contributed by atoms with Crippen LogP contribution in [0.3, 0.4) is 0 Å². The fourth-order valence-corrected chi connectivity index (χ4v) is 12.6. The van der Waals surface area contributed by atoms with Crippen LogP contribution >= 0.6 is 45.1 Å². The quantitative estimate of drug-likeness (QED) is 0.0544. The lowest BCUT2D eigenvalue weighted by Crippen LogP contribution is -2.31. The summed E-state index contributed by atoms with van der Waals surface area (Å²) < 4.78 is 67.4. The predicted octanol–water partition coefficient (Wildman–Crippen LogP) is 1.99. The second-order valence-electron chi connectivity index (χ2n) is 12.4. The van der Waals surface area contributed by atoms with E-state index >= 15 is 0 Å². The molecule has 6 fully saturated rings. The van der Waals surface area contributed by atoms with Crippen molar-refractivity contribution in [3.8, 4) is 0 Å². The molecular weight excluding hydrogens is 698 g/mol. The molecule has 2 aromatic heterocycles. The number of nitrogens with zero attached hydrogens (tertiary/aromatic N) is 4. The number of phosphoric ester groups is 1. The summed E-state index contributed by atoms with van der Waals surface area (Å²) in [5.41, 5.74) is 6.62. The van der Waals surface area contributed by atoms with Crippen LogP contribution in [-0.4, -0.2) is 82.1 Å². The van der Waals surface area contributed by atoms with Gasteiger partial charge in [0.05, 0.1) is 19.0 Å². The molecule has 248 valence electrons. The highest BCUT2D eigenvalue weighted by Gasteiger charge is 2.92. The zero-order valence-electron chi connectivity index (χ0n) is 23.7. The molecule has 2 bridgehead atoms. The van der Waals surface area contributed by atoms with Gasteiger partial charge in [0.2, 0.25) is 0 Å². The number of nitrogens with two attached hydrogens (primary N) is 1. The number of imidazole rings is 1. The topological polar surface area (TPSA) is 257 Å². The van der Waals surface area contributed by atoms with E-state index < -0.39 is 48.5 Å². The zero-order valence-corrected chi connectivity index (χ0v) is 28.1. The van der Waals surface area contributed by atoms with Crippen molar-refractivity contribution in [2.75, 3.05) is 18.3 Å². The van der Waals surface area contributed by atoms with Gasteiger partial charge in [-0.3, -0.25) is 9.09 Å². The van der Waals surface area contributed by atoms with Crippen LogP contribution in [0, 0.1) is 35.5 Å². The fraction of sp³-hybridized carbons (Fsp3) is 0.762. The Hall–Kier alpha value is -0.595. The van der Waals surface area contributed by atoms with E-state index in [0.717, 1.165) is 35.5 Å². The van der Waals surface area contributed by atoms with E-state index in [0.29, 0.717) is 24.8 Å². The zero-order chi connectivity index (χ0) is 32.1. The van der Waals surface area contributed by atoms with Gasteiger partial charge in [-0.05, 0) is 35.5 Å². The van der Waals surface area contributed by atoms with Gasteiger partial charge in [-0.15, -0.1) is 0 Å². The lowest BCUT2D eigenvalue weighted by molar-refractivity contribution is -0.0522. The van der Waals surface area contributed by atoms with Gasteiger partial charge < -0.3 is 39.4 Å². The number of ether oxygens (including phenoxy) is 2. The van der Waals surface area contributed by atoms with Crippen LogP contribution in [0.15, 0.2) is 12.7 Å². The van der Waals surface area contributed by atoms with Crippen LogP contribution in [0.25, 0.3) is 11.2 Å². The summed E-state index contributed by atoms with van der Waals surface area (Å²) in [7, 11) is -12.9. The van der Waals surface area contributed by atoms with Crippen molar-refractivity contribution in [3.63, 3.8) is 0 Å². The average Bonchev–Trinajstić information content (AvgIpc) is 3.34. The minimum Gasteiger partial charge on any atom is -0.435 e. The molecule has 0 amide bonds. The van der Waals surface area contributed by atoms with Crippen LogP contribution in [0.1, 0.15) is 26.5 Å². The Labute approximate surface area is 265 Å². The number of rotatable bonds is 16. The van der Waals surface area contributed by atoms with Gasteiger partial charge >= 0.3 is 23.5 Å². The number of hydrogen-bond acceptors (Lipinski definition) is 15. The lowest BCUT2D eigenvalue weighted by Gasteiger charge is -2.25. The molecule has 6 aliphatic rings. The molecule has 6 N–H and O–H groups in total. The first kappa shape index (κ1) is 32.9. The van der Waals surface area contributed by atoms with Crippen molar-refractivity contribution < 1.29 is 60.5 Å². The summed E-state index contributed by atoms with van der Waals surface area (Å²) in [6.45, 7) is 3.55. The standard InChI is InChI=1S/C21H31BN5O13P3S2/c1-21(2,22-38-18-15-11-12(15)14-13(11)16(14)18)45-44-7-35-8-3-10(27-6-26-17-19(23)24-5-25-20(17)27)37-9(8)4-36-42(31,32)40-43(33,34)39-41(28,29)30/h5-6,8-16,18,22H,3-4,7H2,1-2H3,(H,31,32)(H,33,34)(H2,23,24,25)(H2,28,29,30)/t8-,9?,10-,11?,12?,13?,14?,15?,16?,18?/m1/s1. The Balaban J connectivity index is 0.955. The van der Waals surface area contributed by atoms with Gasteiger partial charge in [0.15, 0.2) is 11.5 Å². The van der Waals surface area contributed by atoms with Gasteiger partial charge in [-0.2, -0.15) is 8.62 Å². The Morgan fingerprint density at radius 3 is 2.40 bits per heavy atom. The Bertz CT molecular complexity index is 1590. The summed E-state index contributed by atoms with van der Waals surface area (Å²) in [5, 5.41) is 0. The monoisotopic (exact) mass is 729 g/mol. The van der Waals surface area contributed by atoms with Crippen molar-refractivity contribution in [2.24, 2.45) is 35.5 Å². The van der Waals surface area contributed by atoms with Gasteiger partial charge in [-0.25, -0.2) is 28.6 Å². The molecule has 0 aromatic carbocycles. The van der Waals surface area contributed by atoms with Crippen molar-refractivity contribution in [3.05, 3.63) is 12.7 Å². The van der Waals surface area contributed by atoms with E-state index in [-0.39, 0.29) is 22.8 Å². The number of phosphoric acid groups is 3. The summed E-state index contributed by atoms with van der Waals surface area (Å²) in [6.07, 6.45) is 0.940. The first-order valence-corrected chi connectivity index (χ1v) is 20.8. The molecule has 0 radical (unpaired) electrons. The van der Waals surface area contributed by atoms with Crippen LogP contribution in [0.4, 0.5) is 5.82 Å². The maximum atomic E-state index is 12.4. The molecule has 1 saturated heterocycles. The van der Waals surface area contributed by atoms with E-state index in [2.05, 4.69) is 37.4 Å². The molecule has 3 heterocycles. The summed E-state index contributed by atoms with van der Waals surface area (Å²) >= 11 is 0. The number of fused-ring (bicyclic) bond motifs is 1. The SMILES string of the molecule is CC(C)(BOC1C2C3C2C2C1C32)SSCO[C@@H]1C[C@H](n2cnc3c(N)ncnc32)OC1COP(=O)(O)OP(=O)(O)OP(=O)(O)O. The average molecular weight is 729 g/mol. The summed E-state index contributed by atoms with van der Waals surface area (Å²) in [4.78, 5) is 49.3. The van der Waals surface area contributed by atoms with E-state index in [1.54, 1.807) is 15.4 Å². The maximum Gasteiger partial charge on any atom is 0.490 e. The van der Waals surface area contributed by atoms with Crippen molar-refractivity contribution in [1.29, 1.82) is 0 Å². The van der Waals surface area contributed by atoms with Gasteiger partial charge in [0, 0.05) is 17.2 Å². The molecule has 5 atom stereocenters. The van der Waals surface area contributed by atoms with E-state index in [1.807, 2.05) is 0 Å². The maximum absolute atomic E-state index is 12.4. The molecule has 2 aromatic rings. The normalized spacial score (nSPS) is 37.1. The highest BCUT2D eigenvalue weighted by Crippen LogP contribution is 2.92. The van der Waals surface area contributed by atoms with Crippen molar-refractivity contribution in [2.45, 2.75) is 49.5 Å². The second kappa shape index (κ2) is 11.5. The van der Waals surface area contributed by atoms with Crippen molar-refractivity contribution in [1.82, 2.24) is 19.5 Å². The van der Waals surface area contributed by atoms with Crippen LogP contribution in [-0.2, 0) is 41.0 Å². The van der Waals surface area contributed by atoms with Crippen LogP contribution < -0.4 is 5.73 Å². The van der Waals surface area contributed by atoms with E-state index in [4.69, 9.17) is 34.2 Å². The third kappa shape index (κ3) is 6.57. The third-order valence-electron chi connectivity index (χ3n) is 8.97. The number of hydrogen-bond donors (Lipinski definition) is 5. The van der Waals surface area contributed by atoms with Crippen LogP contribution in [0.2, 0.25) is 0 Å². The van der Waals surface area contributed by atoms with Gasteiger partial charge in [0.25, 0.3) is 7.48 Å². The highest BCUT2D eigenvalue weighted by atomic mass is 33.1. The fourth-order valence-electron chi connectivity index (χ4n) is 7.40. The minimum atomic E-state index is -5.68. The molecule has 1 aliphatic heterocycles. The largest absolute Gasteiger partial charge is 0.490 e. The van der Waals surface area contributed by atoms with Gasteiger partial charge in [-0.1, -0.05) is 35.4 Å². The summed E-state index contributed by atoms with van der Waals surface area (Å²) in [5.74, 6) is 5.71. The molecule has 3 unspecified atom stereocenters. The van der Waals surface area contributed by atoms with E-state index in [1.165, 1.54) is 23.4 Å². The van der Waals surface area contributed by atoms with Gasteiger partial charge in [0.1, 0.15) is 30.1 Å². The first-order chi connectivity index (χ1) is 21.0. The third-order valence-corrected chi connectivity index (χ3v) is 15.7. The van der Waals surface area contributed by atoms with Crippen LogP contribution in [0.5, 0.6) is 0 Å². The minimum absolute atomic E-state index is 0.164. The molecule has 18 nitrogen and oxygen atoms in total. The number of aromatic nitrogens is 4. The van der Waals surface area contributed by atoms with E-state index in [9.17, 15) is 23.5 Å². The Morgan fingerprint density at radius 2 is 1.73 bits per heavy atom. The molecule has 5 aliphatic carbocycles. The number of anilines is 1. The molecule has 24 heteroatoms. The molecule has 5 saturated carbocycles. The molecule has 45 heavy (non-hydrogen) atoms. The first-order valence-electron chi connectivity index (χ1n) is 13.9. The Morgan fingerprint density at radius 1 is 1.04 bits per heavy atom. The Kier molecular flexibility index (Phi) is 8.41. The lowest BCUT2D eigenvalue weighted by atomic mass is 9.82. The highest BCUT2D eigenvalue weighted by molar-refractivity contribution is 8.77. The smallest absolute Gasteiger partial charge is 0.435 e. The summed E-state index contributed by atoms with van der Waals surface area (Å²) in [6, 6.07) is 0. The predicted molar refractivity (Wildman–Crippen MR) is 160 cm³/mol. The molecular formula is C21H31BN5O13P3S2. The van der Waals surface area contributed by atoms with Crippen molar-refractivity contribution >= 4 is 69.5 Å². The molecule has 8 rings (SSSR count). The molecule has 0 spiro atoms. The number of nitrogen functional groups attached to an aromatic ring is 1. The second-order valence-corrected chi connectivity index (χ2v) is 19.7.